The van der Waals surface area contributed by atoms with E-state index in [-0.39, 0.29) is 49.4 Å². The number of nitrogens with one attached hydrogen (secondary N) is 1. The highest BCUT2D eigenvalue weighted by atomic mass is 32.2. The van der Waals surface area contributed by atoms with Gasteiger partial charge in [0.25, 0.3) is 0 Å². The minimum Gasteiger partial charge on any atom is -0.462 e. The number of amides is 3. The number of esters is 2. The van der Waals surface area contributed by atoms with E-state index in [1.165, 1.54) is 11.8 Å². The molecule has 1 unspecified atom stereocenters. The molecule has 0 saturated carbocycles. The van der Waals surface area contributed by atoms with Crippen molar-refractivity contribution < 1.29 is 52.0 Å². The topological polar surface area (TPSA) is 178 Å². The Balaban J connectivity index is 4.60. The second-order valence-electron chi connectivity index (χ2n) is 11.9. The molecule has 0 spiro atoms. The van der Waals surface area contributed by atoms with Gasteiger partial charge in [0.15, 0.2) is 6.10 Å². The van der Waals surface area contributed by atoms with E-state index in [0.29, 0.717) is 43.9 Å². The van der Waals surface area contributed by atoms with Gasteiger partial charge in [-0.05, 0) is 41.0 Å². The number of hydrogen-bond acceptors (Lipinski definition) is 11. The summed E-state index contributed by atoms with van der Waals surface area (Å²) in [5.41, 5.74) is -0.789. The van der Waals surface area contributed by atoms with Gasteiger partial charge in [-0.3, -0.25) is 33.0 Å². The van der Waals surface area contributed by atoms with Gasteiger partial charge in [0, 0.05) is 75.3 Å². The summed E-state index contributed by atoms with van der Waals surface area (Å²) in [4.78, 5) is 73.2. The summed E-state index contributed by atoms with van der Waals surface area (Å²) in [7, 11) is -4.53. The molecule has 16 heteroatoms. The first-order chi connectivity index (χ1) is 20.8. The van der Waals surface area contributed by atoms with Gasteiger partial charge in [-0.15, -0.1) is 0 Å². The molecule has 2 N–H and O–H groups in total. The summed E-state index contributed by atoms with van der Waals surface area (Å²) >= 11 is 1.53. The molecular formula is C29H54N3O11PS. The van der Waals surface area contributed by atoms with Gasteiger partial charge in [-0.2, -0.15) is 11.8 Å². The van der Waals surface area contributed by atoms with Gasteiger partial charge in [0.05, 0.1) is 13.2 Å². The monoisotopic (exact) mass is 683 g/mol. The lowest BCUT2D eigenvalue weighted by atomic mass is 9.95. The van der Waals surface area contributed by atoms with Crippen LogP contribution in [0.3, 0.4) is 0 Å². The third-order valence-corrected chi connectivity index (χ3v) is 8.48. The van der Waals surface area contributed by atoms with Crippen molar-refractivity contribution in [2.24, 2.45) is 0 Å². The number of phosphoric ester groups is 1. The molecule has 2 atom stereocenters. The maximum Gasteiger partial charge on any atom is 0.472 e. The average Bonchev–Trinajstić information content (AvgIpc) is 2.92. The Bertz CT molecular complexity index is 1020. The molecule has 0 aliphatic carbocycles. The van der Waals surface area contributed by atoms with Crippen LogP contribution >= 0.6 is 19.6 Å². The number of hydrogen-bond donors (Lipinski definition) is 2. The standard InChI is InChI=1S/C29H54N3O11PS/c1-10-26(36)31(28(5,6)7)15-13-29(8,9)32(27(37)11-2)16-19-45-18-12-25(35)30-14-17-41-44(38,39)42-21-24(43-23(4)34)20-40-22(3)33/h24H,10-21H2,1-9H3,(H,30,35)(H,38,39)/t24-/m1/s1. The van der Waals surface area contributed by atoms with Crippen LogP contribution in [0.2, 0.25) is 0 Å². The van der Waals surface area contributed by atoms with Crippen LogP contribution in [0.15, 0.2) is 0 Å². The van der Waals surface area contributed by atoms with Crippen LogP contribution in [0.4, 0.5) is 0 Å². The zero-order valence-corrected chi connectivity index (χ0v) is 30.1. The Labute approximate surface area is 272 Å². The van der Waals surface area contributed by atoms with Crippen LogP contribution in [0.5, 0.6) is 0 Å². The van der Waals surface area contributed by atoms with E-state index in [2.05, 4.69) is 5.32 Å². The van der Waals surface area contributed by atoms with Crippen molar-refractivity contribution in [3.8, 4) is 0 Å². The molecule has 0 aliphatic heterocycles. The van der Waals surface area contributed by atoms with E-state index >= 15 is 0 Å². The maximum absolute atomic E-state index is 12.8. The molecule has 0 radical (unpaired) electrons. The molecular weight excluding hydrogens is 629 g/mol. The zero-order chi connectivity index (χ0) is 34.8. The predicted octanol–water partition coefficient (Wildman–Crippen LogP) is 3.30. The molecule has 0 aromatic rings. The van der Waals surface area contributed by atoms with Crippen molar-refractivity contribution in [3.63, 3.8) is 0 Å². The Morgan fingerprint density at radius 2 is 1.47 bits per heavy atom. The number of ether oxygens (including phenoxy) is 2. The van der Waals surface area contributed by atoms with Gasteiger partial charge in [0.1, 0.15) is 6.61 Å². The van der Waals surface area contributed by atoms with E-state index in [0.717, 1.165) is 13.8 Å². The third kappa shape index (κ3) is 19.2. The van der Waals surface area contributed by atoms with E-state index < -0.39 is 38.0 Å². The highest BCUT2D eigenvalue weighted by molar-refractivity contribution is 7.99. The Hall–Kier alpha value is -2.19. The molecule has 0 aromatic carbocycles. The SMILES string of the molecule is CCC(=O)N(CCC(C)(C)N(CCSCCC(=O)NCCOP(=O)(O)OC[C@@H](COC(C)=O)OC(C)=O)C(=O)CC)C(C)(C)C. The first-order valence-corrected chi connectivity index (χ1v) is 17.8. The second kappa shape index (κ2) is 20.8. The van der Waals surface area contributed by atoms with Crippen LogP contribution in [-0.2, 0) is 47.1 Å². The molecule has 14 nitrogen and oxygen atoms in total. The molecule has 0 heterocycles. The molecule has 0 saturated heterocycles. The van der Waals surface area contributed by atoms with Crippen LogP contribution in [0.1, 0.15) is 88.0 Å². The fourth-order valence-corrected chi connectivity index (χ4v) is 5.74. The molecule has 0 rings (SSSR count). The predicted molar refractivity (Wildman–Crippen MR) is 171 cm³/mol. The van der Waals surface area contributed by atoms with Crippen LogP contribution < -0.4 is 5.32 Å². The van der Waals surface area contributed by atoms with Gasteiger partial charge in [-0.25, -0.2) is 4.57 Å². The Morgan fingerprint density at radius 3 is 2.00 bits per heavy atom. The highest BCUT2D eigenvalue weighted by Crippen LogP contribution is 2.43. The van der Waals surface area contributed by atoms with Crippen molar-refractivity contribution in [1.82, 2.24) is 15.1 Å². The summed E-state index contributed by atoms with van der Waals surface area (Å²) in [6.07, 6.45) is 0.513. The van der Waals surface area contributed by atoms with Gasteiger partial charge >= 0.3 is 19.8 Å². The largest absolute Gasteiger partial charge is 0.472 e. The van der Waals surface area contributed by atoms with Crippen LogP contribution in [-0.4, -0.2) is 112 Å². The summed E-state index contributed by atoms with van der Waals surface area (Å²) in [5.74, 6) is -0.355. The molecule has 262 valence electrons. The first-order valence-electron chi connectivity index (χ1n) is 15.1. The molecule has 0 bridgehead atoms. The summed E-state index contributed by atoms with van der Waals surface area (Å²) in [6.45, 7) is 15.8. The molecule has 45 heavy (non-hydrogen) atoms. The Morgan fingerprint density at radius 1 is 0.867 bits per heavy atom. The van der Waals surface area contributed by atoms with Crippen molar-refractivity contribution >= 4 is 49.2 Å². The summed E-state index contributed by atoms with van der Waals surface area (Å²) < 4.78 is 31.3. The molecule has 0 fully saturated rings. The highest BCUT2D eigenvalue weighted by Gasteiger charge is 2.33. The van der Waals surface area contributed by atoms with Crippen molar-refractivity contribution in [2.45, 2.75) is 105 Å². The van der Waals surface area contributed by atoms with E-state index in [1.54, 1.807) is 0 Å². The van der Waals surface area contributed by atoms with E-state index in [9.17, 15) is 33.4 Å². The normalized spacial score (nSPS) is 13.7. The van der Waals surface area contributed by atoms with E-state index in [4.69, 9.17) is 18.5 Å². The Kier molecular flexibility index (Phi) is 19.8. The van der Waals surface area contributed by atoms with Crippen molar-refractivity contribution in [3.05, 3.63) is 0 Å². The number of nitrogens with zero attached hydrogens (tertiary/aromatic N) is 2. The van der Waals surface area contributed by atoms with Gasteiger partial charge in [-0.1, -0.05) is 13.8 Å². The minimum absolute atomic E-state index is 0.0268. The molecule has 3 amide bonds. The fourth-order valence-electron chi connectivity index (χ4n) is 4.14. The summed E-state index contributed by atoms with van der Waals surface area (Å²) in [6, 6.07) is 0. The second-order valence-corrected chi connectivity index (χ2v) is 14.6. The van der Waals surface area contributed by atoms with Crippen molar-refractivity contribution in [2.75, 3.05) is 51.0 Å². The van der Waals surface area contributed by atoms with Crippen LogP contribution in [0, 0.1) is 0 Å². The quantitative estimate of drug-likeness (QED) is 0.0968. The lowest BCUT2D eigenvalue weighted by Gasteiger charge is -2.42. The van der Waals surface area contributed by atoms with Crippen LogP contribution in [0.25, 0.3) is 0 Å². The summed E-state index contributed by atoms with van der Waals surface area (Å²) in [5, 5.41) is 2.59. The molecule has 0 aliphatic rings. The number of rotatable bonds is 22. The fraction of sp³-hybridized carbons (Fsp3) is 0.828. The lowest BCUT2D eigenvalue weighted by Crippen LogP contribution is -2.53. The number of thioether (sulfide) groups is 1. The average molecular weight is 684 g/mol. The van der Waals surface area contributed by atoms with Gasteiger partial charge < -0.3 is 29.5 Å². The number of carbonyl (C=O) groups excluding carboxylic acids is 5. The number of carbonyl (C=O) groups is 5. The van der Waals surface area contributed by atoms with Gasteiger partial charge in [0.2, 0.25) is 17.7 Å². The number of phosphoric acid groups is 1. The van der Waals surface area contributed by atoms with Crippen molar-refractivity contribution in [1.29, 1.82) is 0 Å². The lowest BCUT2D eigenvalue weighted by molar-refractivity contribution is -0.158. The minimum atomic E-state index is -4.53. The molecule has 0 aromatic heterocycles. The maximum atomic E-state index is 12.8. The third-order valence-electron chi connectivity index (χ3n) is 6.53. The van der Waals surface area contributed by atoms with E-state index in [1.807, 2.05) is 58.3 Å². The first kappa shape index (κ1) is 42.8. The smallest absolute Gasteiger partial charge is 0.462 e. The zero-order valence-electron chi connectivity index (χ0n) is 28.3.